The van der Waals surface area contributed by atoms with Crippen molar-refractivity contribution in [3.05, 3.63) is 40.9 Å². The molecule has 1 aromatic carbocycles. The number of aromatic nitrogens is 1. The van der Waals surface area contributed by atoms with Gasteiger partial charge < -0.3 is 0 Å². The Morgan fingerprint density at radius 3 is 2.64 bits per heavy atom. The van der Waals surface area contributed by atoms with Crippen LogP contribution in [0.5, 0.6) is 0 Å². The minimum absolute atomic E-state index is 0.285. The molecule has 8 heteroatoms. The molecule has 4 nitrogen and oxygen atoms in total. The first-order valence-electron chi connectivity index (χ1n) is 8.13. The standard InChI is InChI=1S/C17H19F2N3OS2/c18-16(19)25-14-6-4-12(5-7-14)15(23)21-17-20-13(11-24-17)10-22-8-2-1-3-9-22/h4-7,11,16H,1-3,8-10H2,(H,20,21,23). The third-order valence-corrected chi connectivity index (χ3v) is 5.48. The number of nitrogens with one attached hydrogen (secondary N) is 1. The lowest BCUT2D eigenvalue weighted by Gasteiger charge is -2.25. The fraction of sp³-hybridized carbons (Fsp3) is 0.412. The summed E-state index contributed by atoms with van der Waals surface area (Å²) in [7, 11) is 0. The van der Waals surface area contributed by atoms with Gasteiger partial charge in [0.15, 0.2) is 5.13 Å². The number of carbonyl (C=O) groups excluding carboxylic acids is 1. The summed E-state index contributed by atoms with van der Waals surface area (Å²) in [5, 5.41) is 5.29. The van der Waals surface area contributed by atoms with Gasteiger partial charge in [0.25, 0.3) is 11.7 Å². The summed E-state index contributed by atoms with van der Waals surface area (Å²) < 4.78 is 24.6. The molecular weight excluding hydrogens is 364 g/mol. The predicted octanol–water partition coefficient (Wildman–Crippen LogP) is 4.70. The number of halogens is 2. The number of thiazole rings is 1. The van der Waals surface area contributed by atoms with Gasteiger partial charge in [0.1, 0.15) is 0 Å². The van der Waals surface area contributed by atoms with E-state index >= 15 is 0 Å². The first-order chi connectivity index (χ1) is 12.1. The molecule has 1 aliphatic heterocycles. The molecule has 0 saturated carbocycles. The number of amides is 1. The molecular formula is C17H19F2N3OS2. The van der Waals surface area contributed by atoms with Gasteiger partial charge in [-0.3, -0.25) is 15.0 Å². The summed E-state index contributed by atoms with van der Waals surface area (Å²) in [5.41, 5.74) is 1.39. The molecule has 0 radical (unpaired) electrons. The molecule has 25 heavy (non-hydrogen) atoms. The highest BCUT2D eigenvalue weighted by atomic mass is 32.2. The van der Waals surface area contributed by atoms with Crippen LogP contribution in [0.3, 0.4) is 0 Å². The molecule has 3 rings (SSSR count). The second-order valence-electron chi connectivity index (χ2n) is 5.84. The summed E-state index contributed by atoms with van der Waals surface area (Å²) in [5.74, 6) is -2.75. The monoisotopic (exact) mass is 383 g/mol. The van der Waals surface area contributed by atoms with Crippen LogP contribution in [-0.4, -0.2) is 34.6 Å². The molecule has 1 aromatic heterocycles. The average molecular weight is 383 g/mol. The van der Waals surface area contributed by atoms with Gasteiger partial charge in [-0.1, -0.05) is 18.2 Å². The van der Waals surface area contributed by atoms with Crippen LogP contribution in [-0.2, 0) is 6.54 Å². The Morgan fingerprint density at radius 2 is 1.96 bits per heavy atom. The second kappa shape index (κ2) is 8.73. The molecule has 0 spiro atoms. The van der Waals surface area contributed by atoms with E-state index in [1.54, 1.807) is 12.1 Å². The molecule has 0 aliphatic carbocycles. The minimum Gasteiger partial charge on any atom is -0.298 e. The highest BCUT2D eigenvalue weighted by molar-refractivity contribution is 7.99. The number of likely N-dealkylation sites (tertiary alicyclic amines) is 1. The van der Waals surface area contributed by atoms with Crippen LogP contribution in [0.25, 0.3) is 0 Å². The van der Waals surface area contributed by atoms with Crippen molar-refractivity contribution >= 4 is 34.1 Å². The number of piperidine rings is 1. The summed E-state index contributed by atoms with van der Waals surface area (Å²) >= 11 is 1.86. The Hall–Kier alpha value is -1.51. The van der Waals surface area contributed by atoms with Gasteiger partial charge in [-0.05, 0) is 50.2 Å². The maximum atomic E-state index is 12.3. The lowest BCUT2D eigenvalue weighted by Crippen LogP contribution is -2.29. The topological polar surface area (TPSA) is 45.2 Å². The molecule has 2 aromatic rings. The number of thioether (sulfide) groups is 1. The van der Waals surface area contributed by atoms with Crippen molar-refractivity contribution < 1.29 is 13.6 Å². The number of hydrogen-bond donors (Lipinski definition) is 1. The van der Waals surface area contributed by atoms with E-state index in [0.29, 0.717) is 27.4 Å². The summed E-state index contributed by atoms with van der Waals surface area (Å²) in [6.45, 7) is 3.01. The fourth-order valence-corrected chi connectivity index (χ4v) is 3.94. The van der Waals surface area contributed by atoms with Gasteiger partial charge in [0.05, 0.1) is 5.69 Å². The Kier molecular flexibility index (Phi) is 6.39. The average Bonchev–Trinajstić information content (AvgIpc) is 3.02. The normalized spacial score (nSPS) is 15.5. The van der Waals surface area contributed by atoms with Gasteiger partial charge in [0, 0.05) is 22.4 Å². The van der Waals surface area contributed by atoms with E-state index in [4.69, 9.17) is 0 Å². The van der Waals surface area contributed by atoms with E-state index < -0.39 is 5.76 Å². The van der Waals surface area contributed by atoms with Crippen molar-refractivity contribution in [2.24, 2.45) is 0 Å². The Morgan fingerprint density at radius 1 is 1.24 bits per heavy atom. The van der Waals surface area contributed by atoms with Crippen LogP contribution < -0.4 is 5.32 Å². The van der Waals surface area contributed by atoms with Gasteiger partial charge in [-0.15, -0.1) is 11.3 Å². The van der Waals surface area contributed by atoms with Crippen molar-refractivity contribution in [1.29, 1.82) is 0 Å². The maximum absolute atomic E-state index is 12.3. The van der Waals surface area contributed by atoms with E-state index in [9.17, 15) is 13.6 Å². The molecule has 1 fully saturated rings. The van der Waals surface area contributed by atoms with E-state index in [2.05, 4.69) is 15.2 Å². The van der Waals surface area contributed by atoms with Crippen molar-refractivity contribution in [2.75, 3.05) is 18.4 Å². The van der Waals surface area contributed by atoms with E-state index in [0.717, 1.165) is 25.3 Å². The highest BCUT2D eigenvalue weighted by Crippen LogP contribution is 2.25. The molecule has 2 heterocycles. The van der Waals surface area contributed by atoms with Crippen LogP contribution in [0.4, 0.5) is 13.9 Å². The maximum Gasteiger partial charge on any atom is 0.288 e. The lowest BCUT2D eigenvalue weighted by molar-refractivity contribution is 0.102. The zero-order valence-corrected chi connectivity index (χ0v) is 15.2. The zero-order valence-electron chi connectivity index (χ0n) is 13.6. The van der Waals surface area contributed by atoms with Crippen molar-refractivity contribution in [2.45, 2.75) is 36.5 Å². The van der Waals surface area contributed by atoms with Crippen LogP contribution in [0.15, 0.2) is 34.5 Å². The summed E-state index contributed by atoms with van der Waals surface area (Å²) in [6, 6.07) is 6.13. The Labute approximate surface area is 153 Å². The first-order valence-corrected chi connectivity index (χ1v) is 9.89. The van der Waals surface area contributed by atoms with Crippen molar-refractivity contribution in [1.82, 2.24) is 9.88 Å². The second-order valence-corrected chi connectivity index (χ2v) is 7.76. The van der Waals surface area contributed by atoms with Gasteiger partial charge in [0.2, 0.25) is 0 Å². The fourth-order valence-electron chi connectivity index (χ4n) is 2.74. The minimum atomic E-state index is -2.46. The zero-order chi connectivity index (χ0) is 17.6. The van der Waals surface area contributed by atoms with Crippen LogP contribution in [0, 0.1) is 0 Å². The number of hydrogen-bond acceptors (Lipinski definition) is 5. The quantitative estimate of drug-likeness (QED) is 0.735. The van der Waals surface area contributed by atoms with Crippen LogP contribution in [0.2, 0.25) is 0 Å². The predicted molar refractivity (Wildman–Crippen MR) is 97.5 cm³/mol. The number of carbonyl (C=O) groups is 1. The number of benzene rings is 1. The molecule has 0 unspecified atom stereocenters. The van der Waals surface area contributed by atoms with Crippen molar-refractivity contribution in [3.8, 4) is 0 Å². The molecule has 1 amide bonds. The molecule has 0 atom stereocenters. The Bertz CT molecular complexity index is 700. The number of nitrogens with zero attached hydrogens (tertiary/aromatic N) is 2. The highest BCUT2D eigenvalue weighted by Gasteiger charge is 2.14. The SMILES string of the molecule is O=C(Nc1nc(CN2CCCCC2)cs1)c1ccc(SC(F)F)cc1. The molecule has 1 aliphatic rings. The third kappa shape index (κ3) is 5.49. The van der Waals surface area contributed by atoms with Gasteiger partial charge in [-0.25, -0.2) is 4.98 Å². The number of anilines is 1. The smallest absolute Gasteiger partial charge is 0.288 e. The molecule has 1 saturated heterocycles. The van der Waals surface area contributed by atoms with E-state index in [1.807, 2.05) is 5.38 Å². The number of rotatable bonds is 6. The number of alkyl halides is 2. The molecule has 0 bridgehead atoms. The first kappa shape index (κ1) is 18.3. The summed E-state index contributed by atoms with van der Waals surface area (Å²) in [4.78, 5) is 19.5. The van der Waals surface area contributed by atoms with Gasteiger partial charge >= 0.3 is 0 Å². The van der Waals surface area contributed by atoms with Gasteiger partial charge in [-0.2, -0.15) is 8.78 Å². The lowest BCUT2D eigenvalue weighted by atomic mass is 10.1. The molecule has 134 valence electrons. The summed E-state index contributed by atoms with van der Waals surface area (Å²) in [6.07, 6.45) is 3.75. The van der Waals surface area contributed by atoms with E-state index in [-0.39, 0.29) is 5.91 Å². The molecule has 1 N–H and O–H groups in total. The van der Waals surface area contributed by atoms with E-state index in [1.165, 1.54) is 42.7 Å². The third-order valence-electron chi connectivity index (χ3n) is 3.95. The van der Waals surface area contributed by atoms with Crippen LogP contribution in [0.1, 0.15) is 35.3 Å². The Balaban J connectivity index is 1.55. The van der Waals surface area contributed by atoms with Crippen molar-refractivity contribution in [3.63, 3.8) is 0 Å². The largest absolute Gasteiger partial charge is 0.298 e. The van der Waals surface area contributed by atoms with Crippen LogP contribution >= 0.6 is 23.1 Å².